The predicted molar refractivity (Wildman–Crippen MR) is 82.1 cm³/mol. The monoisotopic (exact) mass is 306 g/mol. The maximum Gasteiger partial charge on any atom is 0.265 e. The number of hydrogen-bond donors (Lipinski definition) is 0. The predicted octanol–water partition coefficient (Wildman–Crippen LogP) is 2.70. The van der Waals surface area contributed by atoms with Crippen LogP contribution in [-0.4, -0.2) is 26.6 Å². The van der Waals surface area contributed by atoms with Gasteiger partial charge in [-0.25, -0.2) is 8.42 Å². The quantitative estimate of drug-likeness (QED) is 0.823. The summed E-state index contributed by atoms with van der Waals surface area (Å²) in [7, 11) is -3.60. The third-order valence-corrected chi connectivity index (χ3v) is 4.83. The molecule has 0 atom stereocenters. The van der Waals surface area contributed by atoms with Crippen molar-refractivity contribution in [2.45, 2.75) is 18.7 Å². The Balaban J connectivity index is 2.35. The minimum absolute atomic E-state index is 0.181. The first-order valence-electron chi connectivity index (χ1n) is 6.75. The van der Waals surface area contributed by atoms with E-state index in [9.17, 15) is 8.42 Å². The van der Waals surface area contributed by atoms with E-state index in [0.29, 0.717) is 18.8 Å². The zero-order valence-corrected chi connectivity index (χ0v) is 12.9. The van der Waals surface area contributed by atoms with Crippen molar-refractivity contribution < 1.29 is 13.2 Å². The number of nitrogens with zero attached hydrogens (tertiary/aromatic N) is 2. The van der Waals surface area contributed by atoms with Crippen molar-refractivity contribution in [1.82, 2.24) is 4.98 Å². The number of sulfonamides is 1. The lowest BCUT2D eigenvalue weighted by Gasteiger charge is -2.22. The fourth-order valence-electron chi connectivity index (χ4n) is 1.99. The molecule has 0 fully saturated rings. The number of ether oxygens (including phenoxy) is 1. The molecule has 0 aliphatic carbocycles. The molecular formula is C15H18N2O3S. The second-order valence-electron chi connectivity index (χ2n) is 4.29. The van der Waals surface area contributed by atoms with Crippen molar-refractivity contribution in [2.75, 3.05) is 17.5 Å². The van der Waals surface area contributed by atoms with Gasteiger partial charge in [0.1, 0.15) is 10.6 Å². The summed E-state index contributed by atoms with van der Waals surface area (Å²) in [5.41, 5.74) is 0.602. The molecule has 0 saturated heterocycles. The molecule has 0 unspecified atom stereocenters. The number of aromatic nitrogens is 1. The average Bonchev–Trinajstić information content (AvgIpc) is 2.51. The van der Waals surface area contributed by atoms with Gasteiger partial charge < -0.3 is 4.74 Å². The van der Waals surface area contributed by atoms with Crippen LogP contribution in [0.5, 0.6) is 5.75 Å². The normalized spacial score (nSPS) is 11.1. The van der Waals surface area contributed by atoms with Crippen LogP contribution in [0.25, 0.3) is 0 Å². The number of rotatable bonds is 6. The Morgan fingerprint density at radius 2 is 1.86 bits per heavy atom. The van der Waals surface area contributed by atoms with Gasteiger partial charge in [-0.05, 0) is 50.2 Å². The Bertz CT molecular complexity index is 670. The topological polar surface area (TPSA) is 59.5 Å². The third-order valence-electron chi connectivity index (χ3n) is 2.95. The highest BCUT2D eigenvalue weighted by molar-refractivity contribution is 7.92. The van der Waals surface area contributed by atoms with Gasteiger partial charge in [0.05, 0.1) is 12.3 Å². The summed E-state index contributed by atoms with van der Waals surface area (Å²) in [6.45, 7) is 4.61. The zero-order valence-electron chi connectivity index (χ0n) is 12.1. The van der Waals surface area contributed by atoms with E-state index < -0.39 is 10.0 Å². The molecule has 0 aliphatic rings. The lowest BCUT2D eigenvalue weighted by atomic mass is 10.3. The molecule has 112 valence electrons. The SMILES string of the molecule is CCOc1ccc(N(CC)S(=O)(=O)c2cccnc2)cc1. The lowest BCUT2D eigenvalue weighted by Crippen LogP contribution is -2.30. The van der Waals surface area contributed by atoms with Gasteiger partial charge in [0.25, 0.3) is 10.0 Å². The van der Waals surface area contributed by atoms with Gasteiger partial charge in [0.15, 0.2) is 0 Å². The maximum atomic E-state index is 12.6. The van der Waals surface area contributed by atoms with Crippen LogP contribution >= 0.6 is 0 Å². The first-order valence-corrected chi connectivity index (χ1v) is 8.19. The Morgan fingerprint density at radius 3 is 2.38 bits per heavy atom. The largest absolute Gasteiger partial charge is 0.494 e. The smallest absolute Gasteiger partial charge is 0.265 e. The van der Waals surface area contributed by atoms with Crippen LogP contribution in [0.4, 0.5) is 5.69 Å². The van der Waals surface area contributed by atoms with Crippen molar-refractivity contribution in [3.63, 3.8) is 0 Å². The van der Waals surface area contributed by atoms with Crippen LogP contribution in [-0.2, 0) is 10.0 Å². The Morgan fingerprint density at radius 1 is 1.14 bits per heavy atom. The average molecular weight is 306 g/mol. The first kappa shape index (κ1) is 15.3. The van der Waals surface area contributed by atoms with E-state index in [1.807, 2.05) is 6.92 Å². The minimum Gasteiger partial charge on any atom is -0.494 e. The van der Waals surface area contributed by atoms with Gasteiger partial charge >= 0.3 is 0 Å². The molecule has 1 aromatic heterocycles. The second-order valence-corrected chi connectivity index (χ2v) is 6.15. The lowest BCUT2D eigenvalue weighted by molar-refractivity contribution is 0.340. The van der Waals surface area contributed by atoms with Crippen LogP contribution in [0, 0.1) is 0 Å². The van der Waals surface area contributed by atoms with Gasteiger partial charge in [-0.3, -0.25) is 9.29 Å². The zero-order chi connectivity index (χ0) is 15.3. The standard InChI is InChI=1S/C15H18N2O3S/c1-3-17(13-7-9-14(10-8-13)20-4-2)21(18,19)15-6-5-11-16-12-15/h5-12H,3-4H2,1-2H3. The van der Waals surface area contributed by atoms with E-state index in [-0.39, 0.29) is 4.90 Å². The fourth-order valence-corrected chi connectivity index (χ4v) is 3.43. The van der Waals surface area contributed by atoms with E-state index >= 15 is 0 Å². The number of anilines is 1. The van der Waals surface area contributed by atoms with Gasteiger partial charge in [0.2, 0.25) is 0 Å². The highest BCUT2D eigenvalue weighted by atomic mass is 32.2. The van der Waals surface area contributed by atoms with E-state index in [0.717, 1.165) is 5.75 Å². The molecule has 2 rings (SSSR count). The van der Waals surface area contributed by atoms with Gasteiger partial charge in [-0.1, -0.05) is 0 Å². The van der Waals surface area contributed by atoms with Crippen LogP contribution in [0.15, 0.2) is 53.7 Å². The summed E-state index contributed by atoms with van der Waals surface area (Å²) in [4.78, 5) is 4.06. The molecule has 0 radical (unpaired) electrons. The second kappa shape index (κ2) is 6.58. The van der Waals surface area contributed by atoms with E-state index in [1.165, 1.54) is 10.5 Å². The molecule has 0 spiro atoms. The molecule has 5 nitrogen and oxygen atoms in total. The van der Waals surface area contributed by atoms with Crippen molar-refractivity contribution in [3.05, 3.63) is 48.8 Å². The van der Waals surface area contributed by atoms with Gasteiger partial charge in [-0.15, -0.1) is 0 Å². The van der Waals surface area contributed by atoms with E-state index in [2.05, 4.69) is 4.98 Å². The molecule has 0 bridgehead atoms. The first-order chi connectivity index (χ1) is 10.1. The molecule has 2 aromatic rings. The molecule has 0 N–H and O–H groups in total. The summed E-state index contributed by atoms with van der Waals surface area (Å²) in [5, 5.41) is 0. The fraction of sp³-hybridized carbons (Fsp3) is 0.267. The Labute approximate surface area is 125 Å². The number of hydrogen-bond acceptors (Lipinski definition) is 4. The third kappa shape index (κ3) is 3.33. The van der Waals surface area contributed by atoms with E-state index in [4.69, 9.17) is 4.74 Å². The highest BCUT2D eigenvalue weighted by Gasteiger charge is 2.23. The Hall–Kier alpha value is -2.08. The summed E-state index contributed by atoms with van der Waals surface area (Å²) in [6, 6.07) is 10.2. The summed E-state index contributed by atoms with van der Waals surface area (Å²) in [5.74, 6) is 0.719. The van der Waals surface area contributed by atoms with Crippen molar-refractivity contribution >= 4 is 15.7 Å². The highest BCUT2D eigenvalue weighted by Crippen LogP contribution is 2.25. The molecule has 0 saturated carbocycles. The van der Waals surface area contributed by atoms with E-state index in [1.54, 1.807) is 49.5 Å². The number of pyridine rings is 1. The summed E-state index contributed by atoms with van der Waals surface area (Å²) < 4.78 is 32.0. The minimum atomic E-state index is -3.60. The van der Waals surface area contributed by atoms with Crippen molar-refractivity contribution in [1.29, 1.82) is 0 Å². The van der Waals surface area contributed by atoms with Gasteiger partial charge in [0, 0.05) is 18.9 Å². The molecule has 6 heteroatoms. The van der Waals surface area contributed by atoms with Crippen molar-refractivity contribution in [2.24, 2.45) is 0 Å². The molecule has 0 amide bonds. The van der Waals surface area contributed by atoms with Crippen LogP contribution in [0.2, 0.25) is 0 Å². The van der Waals surface area contributed by atoms with Crippen molar-refractivity contribution in [3.8, 4) is 5.75 Å². The molecular weight excluding hydrogens is 288 g/mol. The molecule has 1 aromatic carbocycles. The summed E-state index contributed by atoms with van der Waals surface area (Å²) >= 11 is 0. The maximum absolute atomic E-state index is 12.6. The number of benzene rings is 1. The molecule has 21 heavy (non-hydrogen) atoms. The molecule has 0 aliphatic heterocycles. The van der Waals surface area contributed by atoms with Crippen LogP contribution in [0.1, 0.15) is 13.8 Å². The molecule has 1 heterocycles. The Kier molecular flexibility index (Phi) is 4.80. The van der Waals surface area contributed by atoms with Crippen LogP contribution < -0.4 is 9.04 Å². The van der Waals surface area contributed by atoms with Crippen LogP contribution in [0.3, 0.4) is 0 Å². The van der Waals surface area contributed by atoms with Gasteiger partial charge in [-0.2, -0.15) is 0 Å². The summed E-state index contributed by atoms with van der Waals surface area (Å²) in [6.07, 6.45) is 2.90.